The fraction of sp³-hybridized carbons (Fsp3) is 0.375. The number of non-ortho nitro benzene ring substituents is 1. The lowest BCUT2D eigenvalue weighted by molar-refractivity contribution is -0.384. The molecule has 0 aromatic heterocycles. The highest BCUT2D eigenvalue weighted by atomic mass is 16.6. The van der Waals surface area contributed by atoms with Crippen molar-refractivity contribution in [1.82, 2.24) is 4.90 Å². The van der Waals surface area contributed by atoms with Gasteiger partial charge in [0.2, 0.25) is 11.8 Å². The van der Waals surface area contributed by atoms with E-state index < -0.39 is 28.2 Å². The van der Waals surface area contributed by atoms with Crippen molar-refractivity contribution >= 4 is 34.8 Å². The number of likely N-dealkylation sites (N-methyl/N-ethyl adjacent to an activating group) is 1. The summed E-state index contributed by atoms with van der Waals surface area (Å²) >= 11 is 0. The van der Waals surface area contributed by atoms with E-state index in [1.165, 1.54) is 24.3 Å². The molecule has 9 nitrogen and oxygen atoms in total. The van der Waals surface area contributed by atoms with Crippen LogP contribution in [0.25, 0.3) is 0 Å². The van der Waals surface area contributed by atoms with Gasteiger partial charge in [-0.2, -0.15) is 0 Å². The Hall–Kier alpha value is -3.59. The summed E-state index contributed by atoms with van der Waals surface area (Å²) in [4.78, 5) is 57.2. The quantitative estimate of drug-likeness (QED) is 0.408. The lowest BCUT2D eigenvalue weighted by Gasteiger charge is -2.37. The second-order valence-corrected chi connectivity index (χ2v) is 9.02. The van der Waals surface area contributed by atoms with Gasteiger partial charge < -0.3 is 4.90 Å². The lowest BCUT2D eigenvalue weighted by Crippen LogP contribution is -2.56. The molecule has 0 radical (unpaired) electrons. The van der Waals surface area contributed by atoms with Crippen molar-refractivity contribution in [3.8, 4) is 0 Å². The van der Waals surface area contributed by atoms with Crippen molar-refractivity contribution < 1.29 is 19.3 Å². The summed E-state index contributed by atoms with van der Waals surface area (Å²) in [6.45, 7) is 3.04. The summed E-state index contributed by atoms with van der Waals surface area (Å²) in [5.74, 6) is -2.32. The molecule has 3 amide bonds. The SMILES string of the molecule is CCN1C(=O)[C@]2(c3ccccc31)[C@@H]1C(=O)N(c3ccc([N+](=O)[O-])cc3)C(=O)[C@H]1[C@@H]1CCCN12. The van der Waals surface area contributed by atoms with Crippen molar-refractivity contribution in [1.29, 1.82) is 0 Å². The van der Waals surface area contributed by atoms with Crippen molar-refractivity contribution in [2.24, 2.45) is 11.8 Å². The third kappa shape index (κ3) is 2.27. The number of amides is 3. The molecule has 3 fully saturated rings. The van der Waals surface area contributed by atoms with E-state index in [0.29, 0.717) is 18.8 Å². The van der Waals surface area contributed by atoms with Gasteiger partial charge in [0.15, 0.2) is 0 Å². The number of carbonyl (C=O) groups excluding carboxylic acids is 3. The number of anilines is 2. The van der Waals surface area contributed by atoms with Gasteiger partial charge in [0.1, 0.15) is 5.54 Å². The average molecular weight is 446 g/mol. The maximum atomic E-state index is 14.0. The first kappa shape index (κ1) is 20.0. The number of fused-ring (bicyclic) bond motifs is 7. The summed E-state index contributed by atoms with van der Waals surface area (Å²) in [6.07, 6.45) is 1.60. The molecule has 0 aliphatic carbocycles. The monoisotopic (exact) mass is 446 g/mol. The van der Waals surface area contributed by atoms with E-state index in [1.807, 2.05) is 31.2 Å². The number of hydrogen-bond donors (Lipinski definition) is 0. The maximum absolute atomic E-state index is 14.0. The highest BCUT2D eigenvalue weighted by molar-refractivity contribution is 6.26. The summed E-state index contributed by atoms with van der Waals surface area (Å²) in [5, 5.41) is 11.0. The molecule has 3 saturated heterocycles. The van der Waals surface area contributed by atoms with E-state index in [-0.39, 0.29) is 23.5 Å². The van der Waals surface area contributed by atoms with Gasteiger partial charge in [-0.1, -0.05) is 18.2 Å². The van der Waals surface area contributed by atoms with E-state index >= 15 is 0 Å². The van der Waals surface area contributed by atoms with E-state index in [1.54, 1.807) is 4.90 Å². The van der Waals surface area contributed by atoms with Crippen LogP contribution in [0.15, 0.2) is 48.5 Å². The standard InChI is InChI=1S/C24H22N4O5/c1-2-25-17-7-4-3-6-16(17)24(23(25)31)20-19(18-8-5-13-26(18)24)21(29)27(22(20)30)14-9-11-15(12-10-14)28(32)33/h3-4,6-7,9-12,18-20H,2,5,8,13H2,1H3/t18-,19-,20-,24-/m0/s1. The van der Waals surface area contributed by atoms with Gasteiger partial charge in [-0.05, 0) is 44.5 Å². The zero-order valence-corrected chi connectivity index (χ0v) is 18.0. The van der Waals surface area contributed by atoms with Gasteiger partial charge in [-0.25, -0.2) is 4.90 Å². The number of imide groups is 1. The third-order valence-corrected chi connectivity index (χ3v) is 7.78. The Kier molecular flexibility index (Phi) is 4.08. The number of nitro benzene ring substituents is 1. The fourth-order valence-electron chi connectivity index (χ4n) is 6.63. The van der Waals surface area contributed by atoms with Gasteiger partial charge >= 0.3 is 0 Å². The normalized spacial score (nSPS) is 30.3. The zero-order chi connectivity index (χ0) is 23.1. The molecule has 9 heteroatoms. The van der Waals surface area contributed by atoms with Crippen LogP contribution < -0.4 is 9.80 Å². The third-order valence-electron chi connectivity index (χ3n) is 7.78. The number of rotatable bonds is 3. The molecule has 4 atom stereocenters. The maximum Gasteiger partial charge on any atom is 0.269 e. The van der Waals surface area contributed by atoms with Crippen LogP contribution in [0.2, 0.25) is 0 Å². The Labute approximate surface area is 189 Å². The molecule has 1 spiro atoms. The number of nitro groups is 1. The molecule has 168 valence electrons. The molecule has 6 rings (SSSR count). The van der Waals surface area contributed by atoms with E-state index in [2.05, 4.69) is 4.90 Å². The number of para-hydroxylation sites is 1. The number of nitrogens with zero attached hydrogens (tertiary/aromatic N) is 4. The number of carbonyl (C=O) groups is 3. The largest absolute Gasteiger partial charge is 0.310 e. The molecule has 4 aliphatic heterocycles. The minimum absolute atomic E-state index is 0.116. The molecule has 4 aliphatic rings. The Morgan fingerprint density at radius 1 is 1.06 bits per heavy atom. The molecule has 4 heterocycles. The molecular weight excluding hydrogens is 424 g/mol. The van der Waals surface area contributed by atoms with Crippen LogP contribution in [0.4, 0.5) is 17.1 Å². The number of hydrogen-bond acceptors (Lipinski definition) is 6. The molecule has 0 N–H and O–H groups in total. The molecule has 0 saturated carbocycles. The molecular formula is C24H22N4O5. The second-order valence-electron chi connectivity index (χ2n) is 9.02. The second kappa shape index (κ2) is 6.71. The van der Waals surface area contributed by atoms with Crippen LogP contribution in [0, 0.1) is 22.0 Å². The molecule has 2 aromatic rings. The fourth-order valence-corrected chi connectivity index (χ4v) is 6.63. The first-order valence-electron chi connectivity index (χ1n) is 11.2. The minimum Gasteiger partial charge on any atom is -0.310 e. The Balaban J connectivity index is 1.52. The summed E-state index contributed by atoms with van der Waals surface area (Å²) in [6, 6.07) is 12.8. The van der Waals surface area contributed by atoms with Gasteiger partial charge in [0, 0.05) is 36.0 Å². The highest BCUT2D eigenvalue weighted by Gasteiger charge is 2.75. The Morgan fingerprint density at radius 2 is 1.79 bits per heavy atom. The summed E-state index contributed by atoms with van der Waals surface area (Å²) in [5.41, 5.74) is 0.583. The van der Waals surface area contributed by atoms with Crippen molar-refractivity contribution in [2.75, 3.05) is 22.9 Å². The molecule has 0 unspecified atom stereocenters. The van der Waals surface area contributed by atoms with Crippen LogP contribution >= 0.6 is 0 Å². The Morgan fingerprint density at radius 3 is 2.48 bits per heavy atom. The highest BCUT2D eigenvalue weighted by Crippen LogP contribution is 2.61. The first-order valence-corrected chi connectivity index (χ1v) is 11.2. The predicted octanol–water partition coefficient (Wildman–Crippen LogP) is 2.44. The predicted molar refractivity (Wildman–Crippen MR) is 118 cm³/mol. The van der Waals surface area contributed by atoms with Crippen molar-refractivity contribution in [2.45, 2.75) is 31.3 Å². The van der Waals surface area contributed by atoms with E-state index in [4.69, 9.17) is 0 Å². The summed E-state index contributed by atoms with van der Waals surface area (Å²) < 4.78 is 0. The minimum atomic E-state index is -1.19. The van der Waals surface area contributed by atoms with Gasteiger partial charge in [-0.3, -0.25) is 29.4 Å². The van der Waals surface area contributed by atoms with Crippen molar-refractivity contribution in [3.63, 3.8) is 0 Å². The van der Waals surface area contributed by atoms with Crippen LogP contribution in [0.3, 0.4) is 0 Å². The lowest BCUT2D eigenvalue weighted by atomic mass is 9.75. The average Bonchev–Trinajstić information content (AvgIpc) is 3.51. The van der Waals surface area contributed by atoms with Gasteiger partial charge in [-0.15, -0.1) is 0 Å². The topological polar surface area (TPSA) is 104 Å². The first-order chi connectivity index (χ1) is 15.9. The van der Waals surface area contributed by atoms with E-state index in [9.17, 15) is 24.5 Å². The molecule has 0 bridgehead atoms. The smallest absolute Gasteiger partial charge is 0.269 e. The van der Waals surface area contributed by atoms with Crippen LogP contribution in [-0.4, -0.2) is 46.7 Å². The number of benzene rings is 2. The van der Waals surface area contributed by atoms with Crippen molar-refractivity contribution in [3.05, 3.63) is 64.2 Å². The molecule has 33 heavy (non-hydrogen) atoms. The van der Waals surface area contributed by atoms with E-state index in [0.717, 1.165) is 29.0 Å². The molecule has 2 aromatic carbocycles. The van der Waals surface area contributed by atoms with Gasteiger partial charge in [0.25, 0.3) is 11.6 Å². The van der Waals surface area contributed by atoms with Crippen LogP contribution in [-0.2, 0) is 19.9 Å². The zero-order valence-electron chi connectivity index (χ0n) is 18.0. The Bertz CT molecular complexity index is 1230. The van der Waals surface area contributed by atoms with Gasteiger partial charge in [0.05, 0.1) is 22.4 Å². The summed E-state index contributed by atoms with van der Waals surface area (Å²) in [7, 11) is 0. The van der Waals surface area contributed by atoms with Crippen LogP contribution in [0.5, 0.6) is 0 Å². The van der Waals surface area contributed by atoms with Crippen LogP contribution in [0.1, 0.15) is 25.3 Å².